The zero-order chi connectivity index (χ0) is 18.9. The van der Waals surface area contributed by atoms with Crippen molar-refractivity contribution in [3.8, 4) is 5.75 Å². The van der Waals surface area contributed by atoms with Crippen molar-refractivity contribution in [2.45, 2.75) is 32.5 Å². The first-order valence-electron chi connectivity index (χ1n) is 9.62. The summed E-state index contributed by atoms with van der Waals surface area (Å²) in [6.45, 7) is 6.91. The SMILES string of the molecule is CC[C@@H](Oc1ccccc1)C(=O)NCc1cccc(CN2CCOCC2)c1. The van der Waals surface area contributed by atoms with Gasteiger partial charge in [-0.2, -0.15) is 0 Å². The van der Waals surface area contributed by atoms with Gasteiger partial charge in [-0.3, -0.25) is 9.69 Å². The maximum absolute atomic E-state index is 12.5. The molecule has 1 saturated heterocycles. The number of rotatable bonds is 8. The molecule has 1 aliphatic rings. The summed E-state index contributed by atoms with van der Waals surface area (Å²) in [5, 5.41) is 3.00. The van der Waals surface area contributed by atoms with Gasteiger partial charge in [0.25, 0.3) is 5.91 Å². The van der Waals surface area contributed by atoms with Crippen LogP contribution in [0.25, 0.3) is 0 Å². The summed E-state index contributed by atoms with van der Waals surface area (Å²) in [6, 6.07) is 17.9. The Kier molecular flexibility index (Phi) is 7.25. The van der Waals surface area contributed by atoms with Crippen LogP contribution in [-0.4, -0.2) is 43.2 Å². The third-order valence-corrected chi connectivity index (χ3v) is 4.65. The number of morpholine rings is 1. The maximum atomic E-state index is 12.5. The van der Waals surface area contributed by atoms with E-state index in [4.69, 9.17) is 9.47 Å². The molecule has 1 N–H and O–H groups in total. The number of ether oxygens (including phenoxy) is 2. The Morgan fingerprint density at radius 3 is 2.59 bits per heavy atom. The first kappa shape index (κ1) is 19.4. The molecule has 1 fully saturated rings. The van der Waals surface area contributed by atoms with Crippen molar-refractivity contribution in [2.24, 2.45) is 0 Å². The van der Waals surface area contributed by atoms with Gasteiger partial charge in [0.2, 0.25) is 0 Å². The molecule has 5 nitrogen and oxygen atoms in total. The normalized spacial score (nSPS) is 15.9. The van der Waals surface area contributed by atoms with Crippen LogP contribution < -0.4 is 10.1 Å². The van der Waals surface area contributed by atoms with Crippen molar-refractivity contribution < 1.29 is 14.3 Å². The van der Waals surface area contributed by atoms with Gasteiger partial charge < -0.3 is 14.8 Å². The number of para-hydroxylation sites is 1. The van der Waals surface area contributed by atoms with Gasteiger partial charge >= 0.3 is 0 Å². The number of carbonyl (C=O) groups excluding carboxylic acids is 1. The number of nitrogens with zero attached hydrogens (tertiary/aromatic N) is 1. The quantitative estimate of drug-likeness (QED) is 0.778. The van der Waals surface area contributed by atoms with Gasteiger partial charge in [0.1, 0.15) is 5.75 Å². The third kappa shape index (κ3) is 6.08. The highest BCUT2D eigenvalue weighted by atomic mass is 16.5. The highest BCUT2D eigenvalue weighted by molar-refractivity contribution is 5.81. The molecular weight excluding hydrogens is 340 g/mol. The Labute approximate surface area is 161 Å². The summed E-state index contributed by atoms with van der Waals surface area (Å²) in [7, 11) is 0. The molecule has 1 aliphatic heterocycles. The molecule has 0 radical (unpaired) electrons. The second-order valence-electron chi connectivity index (χ2n) is 6.75. The number of amides is 1. The molecule has 27 heavy (non-hydrogen) atoms. The smallest absolute Gasteiger partial charge is 0.261 e. The molecule has 0 aliphatic carbocycles. The van der Waals surface area contributed by atoms with Gasteiger partial charge in [-0.15, -0.1) is 0 Å². The molecule has 144 valence electrons. The van der Waals surface area contributed by atoms with Crippen LogP contribution in [0.3, 0.4) is 0 Å². The fraction of sp³-hybridized carbons (Fsp3) is 0.409. The molecule has 0 bridgehead atoms. The lowest BCUT2D eigenvalue weighted by Gasteiger charge is -2.26. The van der Waals surface area contributed by atoms with Crippen molar-refractivity contribution in [2.75, 3.05) is 26.3 Å². The van der Waals surface area contributed by atoms with Crippen LogP contribution in [-0.2, 0) is 22.6 Å². The summed E-state index contributed by atoms with van der Waals surface area (Å²) < 4.78 is 11.2. The number of benzene rings is 2. The predicted molar refractivity (Wildman–Crippen MR) is 106 cm³/mol. The lowest BCUT2D eigenvalue weighted by atomic mass is 10.1. The van der Waals surface area contributed by atoms with E-state index < -0.39 is 6.10 Å². The van der Waals surface area contributed by atoms with Crippen LogP contribution in [0.4, 0.5) is 0 Å². The molecule has 1 amide bonds. The minimum Gasteiger partial charge on any atom is -0.481 e. The zero-order valence-corrected chi connectivity index (χ0v) is 15.9. The first-order valence-corrected chi connectivity index (χ1v) is 9.62. The van der Waals surface area contributed by atoms with Gasteiger partial charge in [-0.25, -0.2) is 0 Å². The lowest BCUT2D eigenvalue weighted by Crippen LogP contribution is -2.37. The Bertz CT molecular complexity index is 715. The average Bonchev–Trinajstić information content (AvgIpc) is 2.72. The molecule has 5 heteroatoms. The van der Waals surface area contributed by atoms with E-state index in [1.165, 1.54) is 5.56 Å². The maximum Gasteiger partial charge on any atom is 0.261 e. The molecule has 1 atom stereocenters. The van der Waals surface area contributed by atoms with Crippen molar-refractivity contribution in [1.29, 1.82) is 0 Å². The molecule has 2 aromatic rings. The van der Waals surface area contributed by atoms with Crippen molar-refractivity contribution in [3.05, 3.63) is 65.7 Å². The second kappa shape index (κ2) is 10.1. The highest BCUT2D eigenvalue weighted by Gasteiger charge is 2.18. The van der Waals surface area contributed by atoms with Gasteiger partial charge in [0, 0.05) is 26.2 Å². The zero-order valence-electron chi connectivity index (χ0n) is 15.9. The summed E-state index contributed by atoms with van der Waals surface area (Å²) in [6.07, 6.45) is 0.140. The van der Waals surface area contributed by atoms with Crippen molar-refractivity contribution in [1.82, 2.24) is 10.2 Å². The summed E-state index contributed by atoms with van der Waals surface area (Å²) >= 11 is 0. The molecule has 0 spiro atoms. The number of carbonyl (C=O) groups is 1. The van der Waals surface area contributed by atoms with Gasteiger partial charge in [0.15, 0.2) is 6.10 Å². The van der Waals surface area contributed by atoms with Crippen LogP contribution in [0.2, 0.25) is 0 Å². The van der Waals surface area contributed by atoms with Crippen molar-refractivity contribution in [3.63, 3.8) is 0 Å². The molecule has 3 rings (SSSR count). The minimum atomic E-state index is -0.482. The molecule has 0 saturated carbocycles. The van der Waals surface area contributed by atoms with E-state index in [2.05, 4.69) is 28.4 Å². The van der Waals surface area contributed by atoms with Crippen LogP contribution in [0.15, 0.2) is 54.6 Å². The fourth-order valence-electron chi connectivity index (χ4n) is 3.14. The second-order valence-corrected chi connectivity index (χ2v) is 6.75. The van der Waals surface area contributed by atoms with E-state index in [0.717, 1.165) is 38.4 Å². The van der Waals surface area contributed by atoms with Crippen molar-refractivity contribution >= 4 is 5.91 Å². The van der Waals surface area contributed by atoms with Gasteiger partial charge in [0.05, 0.1) is 13.2 Å². The molecule has 0 unspecified atom stereocenters. The largest absolute Gasteiger partial charge is 0.481 e. The van der Waals surface area contributed by atoms with Gasteiger partial charge in [-0.1, -0.05) is 49.4 Å². The standard InChI is InChI=1S/C22H28N2O3/c1-2-21(27-20-9-4-3-5-10-20)22(25)23-16-18-7-6-8-19(15-18)17-24-11-13-26-14-12-24/h3-10,15,21H,2,11-14,16-17H2,1H3,(H,23,25)/t21-/m1/s1. The lowest BCUT2D eigenvalue weighted by molar-refractivity contribution is -0.128. The minimum absolute atomic E-state index is 0.0834. The summed E-state index contributed by atoms with van der Waals surface area (Å²) in [5.74, 6) is 0.631. The topological polar surface area (TPSA) is 50.8 Å². The predicted octanol–water partition coefficient (Wildman–Crippen LogP) is 2.99. The average molecular weight is 368 g/mol. The van der Waals surface area contributed by atoms with Crippen LogP contribution >= 0.6 is 0 Å². The van der Waals surface area contributed by atoms with Crippen LogP contribution in [0.5, 0.6) is 5.75 Å². The van der Waals surface area contributed by atoms with Crippen LogP contribution in [0.1, 0.15) is 24.5 Å². The van der Waals surface area contributed by atoms with E-state index in [1.54, 1.807) is 0 Å². The Morgan fingerprint density at radius 2 is 1.85 bits per heavy atom. The fourth-order valence-corrected chi connectivity index (χ4v) is 3.14. The van der Waals surface area contributed by atoms with E-state index in [-0.39, 0.29) is 5.91 Å². The molecular formula is C22H28N2O3. The Hall–Kier alpha value is -2.37. The highest BCUT2D eigenvalue weighted by Crippen LogP contribution is 2.13. The monoisotopic (exact) mass is 368 g/mol. The summed E-state index contributed by atoms with van der Waals surface area (Å²) in [4.78, 5) is 14.9. The number of nitrogens with one attached hydrogen (secondary N) is 1. The number of hydrogen-bond donors (Lipinski definition) is 1. The molecule has 2 aromatic carbocycles. The Morgan fingerprint density at radius 1 is 1.11 bits per heavy atom. The van der Waals surface area contributed by atoms with E-state index in [1.807, 2.05) is 43.3 Å². The molecule has 1 heterocycles. The Balaban J connectivity index is 1.52. The third-order valence-electron chi connectivity index (χ3n) is 4.65. The van der Waals surface area contributed by atoms with E-state index >= 15 is 0 Å². The van der Waals surface area contributed by atoms with Crippen LogP contribution in [0, 0.1) is 0 Å². The number of hydrogen-bond acceptors (Lipinski definition) is 4. The van der Waals surface area contributed by atoms with Gasteiger partial charge in [-0.05, 0) is 29.7 Å². The summed E-state index contributed by atoms with van der Waals surface area (Å²) in [5.41, 5.74) is 2.36. The van der Waals surface area contributed by atoms with E-state index in [9.17, 15) is 4.79 Å². The van der Waals surface area contributed by atoms with E-state index in [0.29, 0.717) is 18.7 Å². The first-order chi connectivity index (χ1) is 13.2. The molecule has 0 aromatic heterocycles.